The van der Waals surface area contributed by atoms with E-state index in [1.54, 1.807) is 11.3 Å². The molecule has 0 unspecified atom stereocenters. The van der Waals surface area contributed by atoms with Crippen molar-refractivity contribution in [3.8, 4) is 10.6 Å². The Labute approximate surface area is 144 Å². The van der Waals surface area contributed by atoms with E-state index >= 15 is 0 Å². The molecule has 0 aliphatic rings. The number of hydrogen-bond donors (Lipinski definition) is 1. The van der Waals surface area contributed by atoms with Crippen LogP contribution in [0.5, 0.6) is 0 Å². The van der Waals surface area contributed by atoms with Crippen LogP contribution in [-0.2, 0) is 0 Å². The third-order valence-electron chi connectivity index (χ3n) is 3.45. The predicted octanol–water partition coefficient (Wildman–Crippen LogP) is 5.61. The van der Waals surface area contributed by atoms with Crippen LogP contribution in [0.25, 0.3) is 10.6 Å². The molecule has 23 heavy (non-hydrogen) atoms. The van der Waals surface area contributed by atoms with E-state index in [0.29, 0.717) is 5.02 Å². The van der Waals surface area contributed by atoms with Gasteiger partial charge in [-0.3, -0.25) is 5.43 Å². The quantitative estimate of drug-likeness (QED) is 0.494. The summed E-state index contributed by atoms with van der Waals surface area (Å²) in [7, 11) is 0. The topological polar surface area (TPSA) is 37.3 Å². The van der Waals surface area contributed by atoms with Gasteiger partial charge in [0, 0.05) is 10.9 Å². The zero-order valence-electron chi connectivity index (χ0n) is 12.9. The lowest BCUT2D eigenvalue weighted by Gasteiger charge is -2.07. The van der Waals surface area contributed by atoms with E-state index in [-0.39, 0.29) is 0 Å². The largest absolute Gasteiger partial charge is 0.276 e. The van der Waals surface area contributed by atoms with Crippen LogP contribution in [0.2, 0.25) is 5.02 Å². The van der Waals surface area contributed by atoms with E-state index in [9.17, 15) is 0 Å². The van der Waals surface area contributed by atoms with Gasteiger partial charge in [-0.1, -0.05) is 54.1 Å². The second kappa shape index (κ2) is 6.94. The van der Waals surface area contributed by atoms with Gasteiger partial charge in [0.15, 0.2) is 0 Å². The minimum Gasteiger partial charge on any atom is -0.276 e. The van der Waals surface area contributed by atoms with Crippen LogP contribution in [0.4, 0.5) is 5.69 Å². The van der Waals surface area contributed by atoms with Crippen molar-refractivity contribution < 1.29 is 0 Å². The first-order chi connectivity index (χ1) is 11.1. The maximum absolute atomic E-state index is 6.20. The van der Waals surface area contributed by atoms with Crippen LogP contribution in [0.1, 0.15) is 18.2 Å². The van der Waals surface area contributed by atoms with E-state index in [1.807, 2.05) is 55.6 Å². The molecule has 2 aromatic carbocycles. The summed E-state index contributed by atoms with van der Waals surface area (Å²) in [5.74, 6) is 0. The number of thiazole rings is 1. The van der Waals surface area contributed by atoms with Crippen LogP contribution in [0.3, 0.4) is 0 Å². The smallest absolute Gasteiger partial charge is 0.124 e. The number of rotatable bonds is 4. The Morgan fingerprint density at radius 2 is 1.91 bits per heavy atom. The van der Waals surface area contributed by atoms with Gasteiger partial charge < -0.3 is 0 Å². The van der Waals surface area contributed by atoms with E-state index in [4.69, 9.17) is 11.6 Å². The average Bonchev–Trinajstić information content (AvgIpc) is 3.05. The highest BCUT2D eigenvalue weighted by molar-refractivity contribution is 7.13. The maximum atomic E-state index is 6.20. The fourth-order valence-corrected chi connectivity index (χ4v) is 3.26. The fourth-order valence-electron chi connectivity index (χ4n) is 2.12. The molecule has 116 valence electrons. The standard InChI is InChI=1S/C18H16ClN3S/c1-12-7-6-10-15(19)17(12)22-21-13(2)16-11-23-18(20-16)14-8-4-3-5-9-14/h3-11,22H,1-2H3/b21-13+. The second-order valence-electron chi connectivity index (χ2n) is 5.14. The van der Waals surface area contributed by atoms with Gasteiger partial charge in [0.2, 0.25) is 0 Å². The molecule has 0 saturated heterocycles. The van der Waals surface area contributed by atoms with Crippen molar-refractivity contribution in [3.05, 3.63) is 70.2 Å². The van der Waals surface area contributed by atoms with Crippen LogP contribution in [0.15, 0.2) is 59.0 Å². The van der Waals surface area contributed by atoms with Crippen molar-refractivity contribution in [1.82, 2.24) is 4.98 Å². The molecule has 1 heterocycles. The lowest BCUT2D eigenvalue weighted by molar-refractivity contribution is 1.27. The van der Waals surface area contributed by atoms with Crippen LogP contribution in [0, 0.1) is 6.92 Å². The molecule has 0 saturated carbocycles. The number of aromatic nitrogens is 1. The molecule has 3 rings (SSSR count). The monoisotopic (exact) mass is 341 g/mol. The zero-order valence-corrected chi connectivity index (χ0v) is 14.4. The van der Waals surface area contributed by atoms with Crippen molar-refractivity contribution in [2.45, 2.75) is 13.8 Å². The minimum absolute atomic E-state index is 0.657. The number of halogens is 1. The summed E-state index contributed by atoms with van der Waals surface area (Å²) in [6, 6.07) is 15.9. The molecular weight excluding hydrogens is 326 g/mol. The summed E-state index contributed by atoms with van der Waals surface area (Å²) in [4.78, 5) is 4.65. The summed E-state index contributed by atoms with van der Waals surface area (Å²) in [6.07, 6.45) is 0. The van der Waals surface area contributed by atoms with Gasteiger partial charge in [0.1, 0.15) is 5.01 Å². The third kappa shape index (κ3) is 3.60. The summed E-state index contributed by atoms with van der Waals surface area (Å²) in [5, 5.41) is 8.08. The molecule has 0 spiro atoms. The minimum atomic E-state index is 0.657. The Bertz CT molecular complexity index is 820. The van der Waals surface area contributed by atoms with Gasteiger partial charge in [0.25, 0.3) is 0 Å². The Kier molecular flexibility index (Phi) is 4.74. The first-order valence-electron chi connectivity index (χ1n) is 7.22. The highest BCUT2D eigenvalue weighted by atomic mass is 35.5. The summed E-state index contributed by atoms with van der Waals surface area (Å²) in [5.41, 5.74) is 7.73. The van der Waals surface area contributed by atoms with Crippen molar-refractivity contribution in [1.29, 1.82) is 0 Å². The van der Waals surface area contributed by atoms with Crippen molar-refractivity contribution in [3.63, 3.8) is 0 Å². The molecule has 0 radical (unpaired) electrons. The first-order valence-corrected chi connectivity index (χ1v) is 8.47. The number of para-hydroxylation sites is 1. The molecule has 0 aliphatic heterocycles. The molecule has 0 atom stereocenters. The summed E-state index contributed by atoms with van der Waals surface area (Å²) >= 11 is 7.81. The Balaban J connectivity index is 1.81. The number of benzene rings is 2. The Morgan fingerprint density at radius 1 is 1.13 bits per heavy atom. The SMILES string of the molecule is C/C(=N\Nc1c(C)cccc1Cl)c1csc(-c2ccccc2)n1. The molecule has 3 nitrogen and oxygen atoms in total. The van der Waals surface area contributed by atoms with Gasteiger partial charge in [-0.25, -0.2) is 4.98 Å². The normalized spacial score (nSPS) is 11.5. The van der Waals surface area contributed by atoms with Gasteiger partial charge in [-0.15, -0.1) is 11.3 Å². The van der Waals surface area contributed by atoms with Crippen LogP contribution >= 0.6 is 22.9 Å². The molecule has 0 fully saturated rings. The van der Waals surface area contributed by atoms with Crippen LogP contribution in [-0.4, -0.2) is 10.7 Å². The first kappa shape index (κ1) is 15.7. The van der Waals surface area contributed by atoms with Crippen molar-refractivity contribution >= 4 is 34.3 Å². The number of aryl methyl sites for hydroxylation is 1. The number of hydrogen-bond acceptors (Lipinski definition) is 4. The lowest BCUT2D eigenvalue weighted by atomic mass is 10.2. The van der Waals surface area contributed by atoms with E-state index in [0.717, 1.165) is 33.2 Å². The molecule has 0 aliphatic carbocycles. The molecule has 3 aromatic rings. The highest BCUT2D eigenvalue weighted by Gasteiger charge is 2.07. The number of anilines is 1. The van der Waals surface area contributed by atoms with Gasteiger partial charge in [0.05, 0.1) is 22.1 Å². The van der Waals surface area contributed by atoms with Gasteiger partial charge >= 0.3 is 0 Å². The van der Waals surface area contributed by atoms with Crippen LogP contribution < -0.4 is 5.43 Å². The molecule has 0 bridgehead atoms. The average molecular weight is 342 g/mol. The molecule has 1 aromatic heterocycles. The van der Waals surface area contributed by atoms with Crippen molar-refractivity contribution in [2.75, 3.05) is 5.43 Å². The highest BCUT2D eigenvalue weighted by Crippen LogP contribution is 2.26. The Morgan fingerprint density at radius 3 is 2.65 bits per heavy atom. The second-order valence-corrected chi connectivity index (χ2v) is 6.41. The lowest BCUT2D eigenvalue weighted by Crippen LogP contribution is -2.01. The van der Waals surface area contributed by atoms with Gasteiger partial charge in [-0.2, -0.15) is 5.10 Å². The number of nitrogens with one attached hydrogen (secondary N) is 1. The molecule has 0 amide bonds. The summed E-state index contributed by atoms with van der Waals surface area (Å²) < 4.78 is 0. The zero-order chi connectivity index (χ0) is 16.2. The van der Waals surface area contributed by atoms with Gasteiger partial charge in [-0.05, 0) is 25.5 Å². The predicted molar refractivity (Wildman–Crippen MR) is 99.6 cm³/mol. The number of hydrazone groups is 1. The van der Waals surface area contributed by atoms with E-state index < -0.39 is 0 Å². The molecular formula is C18H16ClN3S. The summed E-state index contributed by atoms with van der Waals surface area (Å²) in [6.45, 7) is 3.93. The third-order valence-corrected chi connectivity index (χ3v) is 4.66. The Hall–Kier alpha value is -2.17. The molecule has 1 N–H and O–H groups in total. The van der Waals surface area contributed by atoms with E-state index in [2.05, 4.69) is 27.6 Å². The van der Waals surface area contributed by atoms with Crippen molar-refractivity contribution in [2.24, 2.45) is 5.10 Å². The number of nitrogens with zero attached hydrogens (tertiary/aromatic N) is 2. The molecule has 5 heteroatoms. The maximum Gasteiger partial charge on any atom is 0.124 e. The fraction of sp³-hybridized carbons (Fsp3) is 0.111. The van der Waals surface area contributed by atoms with E-state index in [1.165, 1.54) is 0 Å².